The number of phenolic OH excluding ortho intramolecular Hbond substituents is 2. The van der Waals surface area contributed by atoms with Crippen LogP contribution in [0.5, 0.6) is 23.0 Å². The zero-order valence-electron chi connectivity index (χ0n) is 33.4. The zero-order valence-corrected chi connectivity index (χ0v) is 33.4. The number of fused-ring (bicyclic) bond motifs is 4. The van der Waals surface area contributed by atoms with Crippen LogP contribution in [0.2, 0.25) is 0 Å². The quantitative estimate of drug-likeness (QED) is 0.113. The minimum atomic E-state index is 0.206. The van der Waals surface area contributed by atoms with Gasteiger partial charge in [-0.1, -0.05) is 133 Å². The normalized spacial score (nSPS) is 11.4. The Morgan fingerprint density at radius 2 is 0.633 bits per heavy atom. The smallest absolute Gasteiger partial charge is 0.131 e. The molecule has 0 bridgehead atoms. The number of ether oxygens (including phenoxy) is 2. The van der Waals surface area contributed by atoms with Crippen molar-refractivity contribution in [3.63, 3.8) is 0 Å². The van der Waals surface area contributed by atoms with Crippen molar-refractivity contribution in [2.24, 2.45) is 0 Å². The molecule has 0 saturated heterocycles. The first-order valence-corrected chi connectivity index (χ1v) is 20.4. The van der Waals surface area contributed by atoms with Crippen LogP contribution in [0.1, 0.15) is 11.1 Å². The van der Waals surface area contributed by atoms with E-state index in [1.165, 1.54) is 0 Å². The summed E-state index contributed by atoms with van der Waals surface area (Å²) in [6.07, 6.45) is 0. The third-order valence-corrected chi connectivity index (χ3v) is 11.5. The molecule has 10 aromatic rings. The lowest BCUT2D eigenvalue weighted by atomic mass is 9.88. The minimum Gasteiger partial charge on any atom is -0.507 e. The fraction of sp³-hybridized carbons (Fsp3) is 0.0714. The summed E-state index contributed by atoms with van der Waals surface area (Å²) < 4.78 is 12.9. The molecule has 0 aliphatic heterocycles. The highest BCUT2D eigenvalue weighted by Crippen LogP contribution is 2.48. The summed E-state index contributed by atoms with van der Waals surface area (Å²) in [5, 5.41) is 33.1. The van der Waals surface area contributed by atoms with Crippen LogP contribution >= 0.6 is 0 Å². The summed E-state index contributed by atoms with van der Waals surface area (Å²) in [7, 11) is 0. The summed E-state index contributed by atoms with van der Waals surface area (Å²) in [4.78, 5) is 0. The van der Waals surface area contributed by atoms with Crippen LogP contribution in [0.3, 0.4) is 0 Å². The number of rotatable bonds is 9. The van der Waals surface area contributed by atoms with Gasteiger partial charge in [-0.05, 0) is 117 Å². The Balaban J connectivity index is 0.956. The van der Waals surface area contributed by atoms with Crippen LogP contribution in [0.15, 0.2) is 182 Å². The van der Waals surface area contributed by atoms with E-state index < -0.39 is 0 Å². The summed E-state index contributed by atoms with van der Waals surface area (Å²) >= 11 is 0. The predicted molar refractivity (Wildman–Crippen MR) is 248 cm³/mol. The Morgan fingerprint density at radius 1 is 0.333 bits per heavy atom. The highest BCUT2D eigenvalue weighted by atomic mass is 16.5. The van der Waals surface area contributed by atoms with Crippen molar-refractivity contribution < 1.29 is 19.7 Å². The van der Waals surface area contributed by atoms with Crippen molar-refractivity contribution in [2.45, 2.75) is 13.8 Å². The van der Waals surface area contributed by atoms with Crippen molar-refractivity contribution in [3.8, 4) is 67.5 Å². The molecule has 60 heavy (non-hydrogen) atoms. The average molecular weight is 779 g/mol. The molecule has 290 valence electrons. The molecule has 0 radical (unpaired) electrons. The Kier molecular flexibility index (Phi) is 9.38. The molecular weight excluding hydrogens is 737 g/mol. The topological polar surface area (TPSA) is 58.9 Å². The van der Waals surface area contributed by atoms with E-state index in [1.54, 1.807) is 0 Å². The first-order chi connectivity index (χ1) is 29.4. The number of aromatic hydroxyl groups is 2. The summed E-state index contributed by atoms with van der Waals surface area (Å²) in [6.45, 7) is 4.64. The zero-order chi connectivity index (χ0) is 40.7. The maximum Gasteiger partial charge on any atom is 0.131 e. The maximum atomic E-state index is 12.2. The third kappa shape index (κ3) is 6.53. The Labute approximate surface area is 349 Å². The molecule has 0 heterocycles. The van der Waals surface area contributed by atoms with E-state index in [-0.39, 0.29) is 24.7 Å². The molecule has 0 fully saturated rings. The summed E-state index contributed by atoms with van der Waals surface area (Å²) in [5.41, 5.74) is 8.63. The molecule has 10 aromatic carbocycles. The Bertz CT molecular complexity index is 2940. The molecule has 0 unspecified atom stereocenters. The van der Waals surface area contributed by atoms with Crippen LogP contribution in [-0.2, 0) is 0 Å². The van der Waals surface area contributed by atoms with E-state index in [4.69, 9.17) is 9.47 Å². The van der Waals surface area contributed by atoms with Gasteiger partial charge in [0.15, 0.2) is 0 Å². The van der Waals surface area contributed by atoms with E-state index in [0.29, 0.717) is 22.6 Å². The van der Waals surface area contributed by atoms with Gasteiger partial charge in [0, 0.05) is 44.5 Å². The van der Waals surface area contributed by atoms with Gasteiger partial charge in [0.1, 0.15) is 36.2 Å². The summed E-state index contributed by atoms with van der Waals surface area (Å²) in [6, 6.07) is 61.6. The van der Waals surface area contributed by atoms with Gasteiger partial charge in [0.2, 0.25) is 0 Å². The lowest BCUT2D eigenvalue weighted by Gasteiger charge is -2.19. The predicted octanol–water partition coefficient (Wildman–Crippen LogP) is 14.5. The molecule has 4 heteroatoms. The molecule has 2 N–H and O–H groups in total. The number of hydrogen-bond acceptors (Lipinski definition) is 4. The molecule has 10 rings (SSSR count). The van der Waals surface area contributed by atoms with Crippen LogP contribution in [-0.4, -0.2) is 23.4 Å². The van der Waals surface area contributed by atoms with E-state index in [1.807, 2.05) is 84.9 Å². The third-order valence-electron chi connectivity index (χ3n) is 11.5. The van der Waals surface area contributed by atoms with E-state index in [9.17, 15) is 10.2 Å². The van der Waals surface area contributed by atoms with Crippen molar-refractivity contribution in [2.75, 3.05) is 13.2 Å². The fourth-order valence-corrected chi connectivity index (χ4v) is 8.89. The van der Waals surface area contributed by atoms with E-state index >= 15 is 0 Å². The molecule has 0 atom stereocenters. The van der Waals surface area contributed by atoms with Gasteiger partial charge in [-0.25, -0.2) is 0 Å². The van der Waals surface area contributed by atoms with Crippen molar-refractivity contribution in [1.29, 1.82) is 0 Å². The molecule has 0 aliphatic carbocycles. The first kappa shape index (κ1) is 36.8. The van der Waals surface area contributed by atoms with Crippen molar-refractivity contribution in [1.82, 2.24) is 0 Å². The number of aryl methyl sites for hydroxylation is 2. The van der Waals surface area contributed by atoms with Gasteiger partial charge in [0.25, 0.3) is 0 Å². The lowest BCUT2D eigenvalue weighted by molar-refractivity contribution is 0.218. The first-order valence-electron chi connectivity index (χ1n) is 20.4. The van der Waals surface area contributed by atoms with Gasteiger partial charge >= 0.3 is 0 Å². The molecule has 0 spiro atoms. The average Bonchev–Trinajstić information content (AvgIpc) is 3.28. The number of benzene rings is 10. The monoisotopic (exact) mass is 778 g/mol. The van der Waals surface area contributed by atoms with Crippen LogP contribution in [0.4, 0.5) is 0 Å². The van der Waals surface area contributed by atoms with E-state index in [0.717, 1.165) is 87.6 Å². The maximum absolute atomic E-state index is 12.2. The SMILES string of the molecule is Cc1cc(-c2ccccc2OCCOc2ccccc2-c2cc(C)cc(-c3c4ccccc4cc4ccccc34)c2O)c(O)c(-c2c3ccccc3cc3ccccc23)c1. The molecule has 0 aromatic heterocycles. The molecule has 0 saturated carbocycles. The van der Waals surface area contributed by atoms with E-state index in [2.05, 4.69) is 111 Å². The minimum absolute atomic E-state index is 0.206. The molecule has 0 aliphatic rings. The second-order valence-electron chi connectivity index (χ2n) is 15.5. The van der Waals surface area contributed by atoms with Gasteiger partial charge in [0.05, 0.1) is 0 Å². The highest BCUT2D eigenvalue weighted by Gasteiger charge is 2.21. The van der Waals surface area contributed by atoms with Crippen LogP contribution in [0, 0.1) is 13.8 Å². The Hall–Kier alpha value is -7.56. The standard InChI is InChI=1S/C56H42O4/c1-35-29-47(55(57)49(31-35)53-41-19-7-3-15-37(41)33-38-16-4-8-20-42(38)53)45-23-11-13-25-51(45)59-27-28-60-52-26-14-12-24-46(52)48-30-36(2)32-50(56(48)58)54-43-21-9-5-17-39(43)34-40-18-6-10-22-44(40)54/h3-26,29-34,57-58H,27-28H2,1-2H3. The van der Waals surface area contributed by atoms with Gasteiger partial charge in [-0.15, -0.1) is 0 Å². The van der Waals surface area contributed by atoms with Crippen LogP contribution in [0.25, 0.3) is 87.6 Å². The second kappa shape index (κ2) is 15.3. The molecule has 4 nitrogen and oxygen atoms in total. The largest absolute Gasteiger partial charge is 0.507 e. The Morgan fingerprint density at radius 3 is 1.00 bits per heavy atom. The van der Waals surface area contributed by atoms with Crippen LogP contribution < -0.4 is 9.47 Å². The second-order valence-corrected chi connectivity index (χ2v) is 15.5. The van der Waals surface area contributed by atoms with Gasteiger partial charge in [-0.3, -0.25) is 0 Å². The lowest BCUT2D eigenvalue weighted by Crippen LogP contribution is -2.10. The highest BCUT2D eigenvalue weighted by molar-refractivity contribution is 6.15. The number of phenols is 2. The summed E-state index contributed by atoms with van der Waals surface area (Å²) in [5.74, 6) is 1.70. The van der Waals surface area contributed by atoms with Gasteiger partial charge in [-0.2, -0.15) is 0 Å². The molecular formula is C56H42O4. The van der Waals surface area contributed by atoms with Crippen molar-refractivity contribution >= 4 is 43.1 Å². The molecule has 0 amide bonds. The van der Waals surface area contributed by atoms with Crippen molar-refractivity contribution in [3.05, 3.63) is 193 Å². The number of para-hydroxylation sites is 2. The fourth-order valence-electron chi connectivity index (χ4n) is 8.89. The number of hydrogen-bond donors (Lipinski definition) is 2. The van der Waals surface area contributed by atoms with Gasteiger partial charge < -0.3 is 19.7 Å².